The minimum Gasteiger partial charge on any atom is -0.0885 e. The molecule has 0 spiro atoms. The van der Waals surface area contributed by atoms with Crippen LogP contribution < -0.4 is 0 Å². The Labute approximate surface area is 74.9 Å². The van der Waals surface area contributed by atoms with Gasteiger partial charge in [0.1, 0.15) is 0 Å². The van der Waals surface area contributed by atoms with Crippen molar-refractivity contribution in [1.29, 1.82) is 0 Å². The van der Waals surface area contributed by atoms with E-state index in [0.717, 1.165) is 12.8 Å². The van der Waals surface area contributed by atoms with Crippen LogP contribution in [0.15, 0.2) is 36.4 Å². The maximum atomic E-state index is 2.24. The zero-order valence-electron chi connectivity index (χ0n) is 7.88. The molecule has 0 N–H and O–H groups in total. The molecule has 12 heavy (non-hydrogen) atoms. The Morgan fingerprint density at radius 3 is 2.58 bits per heavy atom. The number of aryl methyl sites for hydroxylation is 1. The van der Waals surface area contributed by atoms with Crippen molar-refractivity contribution in [2.45, 2.75) is 26.7 Å². The Kier molecular flexibility index (Phi) is 3.59. The van der Waals surface area contributed by atoms with Crippen LogP contribution >= 0.6 is 0 Å². The Morgan fingerprint density at radius 2 is 1.92 bits per heavy atom. The van der Waals surface area contributed by atoms with Gasteiger partial charge in [0.15, 0.2) is 0 Å². The molecule has 1 aromatic rings. The van der Waals surface area contributed by atoms with Gasteiger partial charge in [-0.15, -0.1) is 0 Å². The van der Waals surface area contributed by atoms with E-state index < -0.39 is 0 Å². The van der Waals surface area contributed by atoms with E-state index in [2.05, 4.69) is 50.3 Å². The van der Waals surface area contributed by atoms with Gasteiger partial charge >= 0.3 is 0 Å². The Hall–Kier alpha value is -1.04. The highest BCUT2D eigenvalue weighted by atomic mass is 14.0. The Morgan fingerprint density at radius 1 is 1.17 bits per heavy atom. The van der Waals surface area contributed by atoms with Crippen molar-refractivity contribution in [1.82, 2.24) is 0 Å². The lowest BCUT2D eigenvalue weighted by Gasteiger charge is -2.00. The van der Waals surface area contributed by atoms with E-state index in [4.69, 9.17) is 0 Å². The number of allylic oxidation sites excluding steroid dienone is 2. The smallest absolute Gasteiger partial charge is 0.00948 e. The minimum atomic E-state index is 1.07. The average molecular weight is 160 g/mol. The average Bonchev–Trinajstić information content (AvgIpc) is 2.09. The van der Waals surface area contributed by atoms with Crippen LogP contribution in [0, 0.1) is 6.92 Å². The lowest BCUT2D eigenvalue weighted by molar-refractivity contribution is 1.16. The summed E-state index contributed by atoms with van der Waals surface area (Å²) in [6.45, 7) is 4.32. The second-order valence-corrected chi connectivity index (χ2v) is 3.01. The fourth-order valence-corrected chi connectivity index (χ4v) is 1.22. The van der Waals surface area contributed by atoms with Gasteiger partial charge in [0, 0.05) is 0 Å². The molecule has 0 aliphatic carbocycles. The van der Waals surface area contributed by atoms with Crippen LogP contribution in [-0.2, 0) is 6.42 Å². The standard InChI is InChI=1S/C12H16/c1-3-4-5-9-12-10-7-6-8-11(12)2/h4-8,10H,3,9H2,1-2H3/b5-4+. The second-order valence-electron chi connectivity index (χ2n) is 3.01. The lowest BCUT2D eigenvalue weighted by Crippen LogP contribution is -1.84. The van der Waals surface area contributed by atoms with Crippen LogP contribution in [0.4, 0.5) is 0 Å². The molecule has 1 aromatic carbocycles. The van der Waals surface area contributed by atoms with Gasteiger partial charge in [-0.3, -0.25) is 0 Å². The first-order valence-corrected chi connectivity index (χ1v) is 4.54. The summed E-state index contributed by atoms with van der Waals surface area (Å²) in [6, 6.07) is 8.54. The van der Waals surface area contributed by atoms with E-state index >= 15 is 0 Å². The summed E-state index contributed by atoms with van der Waals surface area (Å²) in [5, 5.41) is 0. The summed E-state index contributed by atoms with van der Waals surface area (Å²) < 4.78 is 0. The Bertz CT molecular complexity index is 258. The first-order chi connectivity index (χ1) is 5.84. The first kappa shape index (κ1) is 9.05. The van der Waals surface area contributed by atoms with Crippen LogP contribution in [0.25, 0.3) is 0 Å². The zero-order chi connectivity index (χ0) is 8.81. The minimum absolute atomic E-state index is 1.07. The number of rotatable bonds is 3. The maximum absolute atomic E-state index is 2.24. The number of hydrogen-bond donors (Lipinski definition) is 0. The molecule has 0 atom stereocenters. The molecule has 0 aliphatic rings. The molecule has 0 radical (unpaired) electrons. The molecular weight excluding hydrogens is 144 g/mol. The van der Waals surface area contributed by atoms with E-state index in [-0.39, 0.29) is 0 Å². The van der Waals surface area contributed by atoms with E-state index in [9.17, 15) is 0 Å². The molecule has 0 heterocycles. The van der Waals surface area contributed by atoms with E-state index in [0.29, 0.717) is 0 Å². The largest absolute Gasteiger partial charge is 0.0885 e. The van der Waals surface area contributed by atoms with Gasteiger partial charge in [-0.25, -0.2) is 0 Å². The van der Waals surface area contributed by atoms with Crippen LogP contribution in [0.1, 0.15) is 24.5 Å². The van der Waals surface area contributed by atoms with Gasteiger partial charge in [-0.1, -0.05) is 43.3 Å². The summed E-state index contributed by atoms with van der Waals surface area (Å²) in [4.78, 5) is 0. The predicted molar refractivity (Wildman–Crippen MR) is 54.3 cm³/mol. The van der Waals surface area contributed by atoms with E-state index in [1.807, 2.05) is 0 Å². The third kappa shape index (κ3) is 2.54. The van der Waals surface area contributed by atoms with Gasteiger partial charge in [0.05, 0.1) is 0 Å². The van der Waals surface area contributed by atoms with Crippen LogP contribution in [0.3, 0.4) is 0 Å². The molecule has 0 unspecified atom stereocenters. The zero-order valence-corrected chi connectivity index (χ0v) is 7.88. The number of hydrogen-bond acceptors (Lipinski definition) is 0. The van der Waals surface area contributed by atoms with Crippen molar-refractivity contribution in [3.63, 3.8) is 0 Å². The van der Waals surface area contributed by atoms with Crippen LogP contribution in [0.2, 0.25) is 0 Å². The van der Waals surface area contributed by atoms with Gasteiger partial charge in [0.25, 0.3) is 0 Å². The summed E-state index contributed by atoms with van der Waals surface area (Å²) in [5.41, 5.74) is 2.82. The highest BCUT2D eigenvalue weighted by molar-refractivity contribution is 5.27. The quantitative estimate of drug-likeness (QED) is 0.594. The SMILES string of the molecule is CC/C=C/Cc1ccccc1C. The predicted octanol–water partition coefficient (Wildman–Crippen LogP) is 3.50. The molecule has 64 valence electrons. The molecule has 0 aliphatic heterocycles. The maximum Gasteiger partial charge on any atom is -0.00948 e. The summed E-state index contributed by atoms with van der Waals surface area (Å²) in [7, 11) is 0. The van der Waals surface area contributed by atoms with Crippen molar-refractivity contribution in [3.8, 4) is 0 Å². The normalized spacial score (nSPS) is 10.8. The fraction of sp³-hybridized carbons (Fsp3) is 0.333. The lowest BCUT2D eigenvalue weighted by atomic mass is 10.1. The van der Waals surface area contributed by atoms with Crippen molar-refractivity contribution in [2.75, 3.05) is 0 Å². The van der Waals surface area contributed by atoms with Crippen LogP contribution in [0.5, 0.6) is 0 Å². The molecule has 0 nitrogen and oxygen atoms in total. The first-order valence-electron chi connectivity index (χ1n) is 4.54. The third-order valence-electron chi connectivity index (χ3n) is 2.00. The van der Waals surface area contributed by atoms with Crippen molar-refractivity contribution in [2.24, 2.45) is 0 Å². The summed E-state index contributed by atoms with van der Waals surface area (Å²) in [5.74, 6) is 0. The summed E-state index contributed by atoms with van der Waals surface area (Å²) in [6.07, 6.45) is 6.65. The molecule has 0 saturated carbocycles. The molecule has 1 rings (SSSR count). The molecule has 0 saturated heterocycles. The Balaban J connectivity index is 2.63. The fourth-order valence-electron chi connectivity index (χ4n) is 1.22. The molecule has 0 aromatic heterocycles. The van der Waals surface area contributed by atoms with Crippen molar-refractivity contribution < 1.29 is 0 Å². The summed E-state index contributed by atoms with van der Waals surface area (Å²) >= 11 is 0. The van der Waals surface area contributed by atoms with Crippen molar-refractivity contribution >= 4 is 0 Å². The highest BCUT2D eigenvalue weighted by Gasteiger charge is 1.91. The molecule has 0 fully saturated rings. The molecule has 0 heteroatoms. The van der Waals surface area contributed by atoms with Crippen molar-refractivity contribution in [3.05, 3.63) is 47.5 Å². The monoisotopic (exact) mass is 160 g/mol. The van der Waals surface area contributed by atoms with Gasteiger partial charge in [-0.05, 0) is 30.9 Å². The van der Waals surface area contributed by atoms with Gasteiger partial charge in [0.2, 0.25) is 0 Å². The number of benzene rings is 1. The molecular formula is C12H16. The van der Waals surface area contributed by atoms with Crippen LogP contribution in [-0.4, -0.2) is 0 Å². The van der Waals surface area contributed by atoms with Gasteiger partial charge in [-0.2, -0.15) is 0 Å². The van der Waals surface area contributed by atoms with E-state index in [1.165, 1.54) is 11.1 Å². The highest BCUT2D eigenvalue weighted by Crippen LogP contribution is 2.07. The van der Waals surface area contributed by atoms with E-state index in [1.54, 1.807) is 0 Å². The second kappa shape index (κ2) is 4.76. The third-order valence-corrected chi connectivity index (χ3v) is 2.00. The van der Waals surface area contributed by atoms with Gasteiger partial charge < -0.3 is 0 Å². The molecule has 0 amide bonds. The molecule has 0 bridgehead atoms. The topological polar surface area (TPSA) is 0 Å².